The second-order valence-corrected chi connectivity index (χ2v) is 5.46. The van der Waals surface area contributed by atoms with Gasteiger partial charge in [0.05, 0.1) is 0 Å². The van der Waals surface area contributed by atoms with E-state index in [1.807, 2.05) is 12.1 Å². The van der Waals surface area contributed by atoms with Crippen LogP contribution in [0.25, 0.3) is 0 Å². The fraction of sp³-hybridized carbons (Fsp3) is 0.600. The molecule has 1 aromatic rings. The van der Waals surface area contributed by atoms with Gasteiger partial charge in [-0.3, -0.25) is 4.79 Å². The summed E-state index contributed by atoms with van der Waals surface area (Å²) in [4.78, 5) is 16.7. The van der Waals surface area contributed by atoms with Crippen molar-refractivity contribution >= 4 is 11.7 Å². The van der Waals surface area contributed by atoms with Gasteiger partial charge in [0.1, 0.15) is 11.5 Å². The first-order valence-corrected chi connectivity index (χ1v) is 7.24. The first-order valence-electron chi connectivity index (χ1n) is 7.24. The van der Waals surface area contributed by atoms with Crippen molar-refractivity contribution in [1.82, 2.24) is 10.3 Å². The van der Waals surface area contributed by atoms with Gasteiger partial charge in [0.15, 0.2) is 0 Å². The molecular weight excluding hydrogens is 254 g/mol. The van der Waals surface area contributed by atoms with Crippen molar-refractivity contribution < 1.29 is 9.53 Å². The lowest BCUT2D eigenvalue weighted by Crippen LogP contribution is -2.49. The zero-order chi connectivity index (χ0) is 14.4. The number of pyridine rings is 1. The second kappa shape index (κ2) is 6.70. The molecule has 0 atom stereocenters. The zero-order valence-corrected chi connectivity index (χ0v) is 12.2. The van der Waals surface area contributed by atoms with Gasteiger partial charge in [-0.2, -0.15) is 0 Å². The molecule has 0 aromatic carbocycles. The molecule has 1 aliphatic heterocycles. The minimum Gasteiger partial charge on any atom is -0.381 e. The van der Waals surface area contributed by atoms with Crippen LogP contribution < -0.4 is 10.6 Å². The van der Waals surface area contributed by atoms with E-state index < -0.39 is 0 Å². The van der Waals surface area contributed by atoms with Crippen molar-refractivity contribution in [3.05, 3.63) is 23.9 Å². The lowest BCUT2D eigenvalue weighted by Gasteiger charge is -2.34. The molecule has 20 heavy (non-hydrogen) atoms. The van der Waals surface area contributed by atoms with E-state index in [9.17, 15) is 4.79 Å². The van der Waals surface area contributed by atoms with E-state index in [0.717, 1.165) is 31.6 Å². The molecule has 2 heterocycles. The Hall–Kier alpha value is -1.62. The van der Waals surface area contributed by atoms with Crippen LogP contribution in [0.15, 0.2) is 18.2 Å². The summed E-state index contributed by atoms with van der Waals surface area (Å²) in [5, 5.41) is 6.28. The fourth-order valence-corrected chi connectivity index (χ4v) is 2.20. The van der Waals surface area contributed by atoms with Gasteiger partial charge in [-0.05, 0) is 38.3 Å². The highest BCUT2D eigenvalue weighted by Crippen LogP contribution is 2.20. The Kier molecular flexibility index (Phi) is 4.95. The number of anilines is 1. The molecule has 0 spiro atoms. The van der Waals surface area contributed by atoms with Crippen LogP contribution in [0.2, 0.25) is 0 Å². The van der Waals surface area contributed by atoms with Gasteiger partial charge in [-0.15, -0.1) is 0 Å². The van der Waals surface area contributed by atoms with Gasteiger partial charge in [0.25, 0.3) is 5.91 Å². The standard InChI is InChI=1S/C15H23N3O2/c1-3-9-16-13-6-4-5-12(17-13)14(19)18-15(2)7-10-20-11-8-15/h4-6H,3,7-11H2,1-2H3,(H,16,17)(H,18,19). The average molecular weight is 277 g/mol. The molecule has 1 saturated heterocycles. The highest BCUT2D eigenvalue weighted by Gasteiger charge is 2.29. The number of nitrogens with zero attached hydrogens (tertiary/aromatic N) is 1. The van der Waals surface area contributed by atoms with Gasteiger partial charge in [-0.1, -0.05) is 13.0 Å². The number of hydrogen-bond acceptors (Lipinski definition) is 4. The minimum atomic E-state index is -0.191. The van der Waals surface area contributed by atoms with Gasteiger partial charge in [0.2, 0.25) is 0 Å². The highest BCUT2D eigenvalue weighted by atomic mass is 16.5. The Balaban J connectivity index is 2.01. The molecular formula is C15H23N3O2. The van der Waals surface area contributed by atoms with Gasteiger partial charge < -0.3 is 15.4 Å². The largest absolute Gasteiger partial charge is 0.381 e. The third-order valence-corrected chi connectivity index (χ3v) is 3.55. The quantitative estimate of drug-likeness (QED) is 0.866. The average Bonchev–Trinajstić information content (AvgIpc) is 2.45. The van der Waals surface area contributed by atoms with E-state index in [0.29, 0.717) is 18.9 Å². The normalized spacial score (nSPS) is 17.5. The van der Waals surface area contributed by atoms with Crippen LogP contribution in [0.3, 0.4) is 0 Å². The molecule has 1 amide bonds. The smallest absolute Gasteiger partial charge is 0.270 e. The Morgan fingerprint density at radius 1 is 1.40 bits per heavy atom. The molecule has 0 radical (unpaired) electrons. The summed E-state index contributed by atoms with van der Waals surface area (Å²) in [6.07, 6.45) is 2.70. The molecule has 1 fully saturated rings. The molecule has 2 rings (SSSR count). The van der Waals surface area contributed by atoms with Crippen molar-refractivity contribution in [2.45, 2.75) is 38.6 Å². The van der Waals surface area contributed by atoms with Crippen molar-refractivity contribution in [2.24, 2.45) is 0 Å². The minimum absolute atomic E-state index is 0.116. The Morgan fingerprint density at radius 3 is 2.85 bits per heavy atom. The topological polar surface area (TPSA) is 63.2 Å². The predicted molar refractivity (Wildman–Crippen MR) is 78.9 cm³/mol. The maximum atomic E-state index is 12.3. The summed E-state index contributed by atoms with van der Waals surface area (Å²) in [5.74, 6) is 0.631. The number of amides is 1. The molecule has 5 nitrogen and oxygen atoms in total. The van der Waals surface area contributed by atoms with E-state index in [-0.39, 0.29) is 11.4 Å². The van der Waals surface area contributed by atoms with Crippen molar-refractivity contribution in [3.63, 3.8) is 0 Å². The van der Waals surface area contributed by atoms with Crippen LogP contribution in [0, 0.1) is 0 Å². The number of nitrogens with one attached hydrogen (secondary N) is 2. The maximum Gasteiger partial charge on any atom is 0.270 e. The number of ether oxygens (including phenoxy) is 1. The Labute approximate surface area is 120 Å². The van der Waals surface area contributed by atoms with E-state index in [2.05, 4.69) is 29.5 Å². The number of carbonyl (C=O) groups is 1. The zero-order valence-electron chi connectivity index (χ0n) is 12.2. The van der Waals surface area contributed by atoms with Crippen LogP contribution in [0.4, 0.5) is 5.82 Å². The SMILES string of the molecule is CCCNc1cccc(C(=O)NC2(C)CCOCC2)n1. The molecule has 0 saturated carbocycles. The van der Waals surface area contributed by atoms with E-state index >= 15 is 0 Å². The summed E-state index contributed by atoms with van der Waals surface area (Å²) < 4.78 is 5.34. The van der Waals surface area contributed by atoms with E-state index in [1.54, 1.807) is 6.07 Å². The van der Waals surface area contributed by atoms with Crippen LogP contribution in [-0.2, 0) is 4.74 Å². The lowest BCUT2D eigenvalue weighted by atomic mass is 9.92. The summed E-state index contributed by atoms with van der Waals surface area (Å²) in [5.41, 5.74) is 0.267. The van der Waals surface area contributed by atoms with Crippen molar-refractivity contribution in [2.75, 3.05) is 25.1 Å². The molecule has 1 aromatic heterocycles. The molecule has 110 valence electrons. The van der Waals surface area contributed by atoms with E-state index in [1.165, 1.54) is 0 Å². The molecule has 0 bridgehead atoms. The highest BCUT2D eigenvalue weighted by molar-refractivity contribution is 5.93. The molecule has 0 unspecified atom stereocenters. The third-order valence-electron chi connectivity index (χ3n) is 3.55. The first-order chi connectivity index (χ1) is 9.63. The summed E-state index contributed by atoms with van der Waals surface area (Å²) in [6.45, 7) is 6.40. The van der Waals surface area contributed by atoms with Crippen LogP contribution in [-0.4, -0.2) is 36.2 Å². The number of rotatable bonds is 5. The number of carbonyl (C=O) groups excluding carboxylic acids is 1. The lowest BCUT2D eigenvalue weighted by molar-refractivity contribution is 0.0421. The predicted octanol–water partition coefficient (Wildman–Crippen LogP) is 2.20. The Morgan fingerprint density at radius 2 is 2.15 bits per heavy atom. The van der Waals surface area contributed by atoms with Gasteiger partial charge in [-0.25, -0.2) is 4.98 Å². The van der Waals surface area contributed by atoms with Crippen LogP contribution >= 0.6 is 0 Å². The summed E-state index contributed by atoms with van der Waals surface area (Å²) >= 11 is 0. The Bertz CT molecular complexity index is 456. The van der Waals surface area contributed by atoms with Crippen molar-refractivity contribution in [1.29, 1.82) is 0 Å². The monoisotopic (exact) mass is 277 g/mol. The maximum absolute atomic E-state index is 12.3. The number of hydrogen-bond donors (Lipinski definition) is 2. The molecule has 5 heteroatoms. The van der Waals surface area contributed by atoms with Crippen LogP contribution in [0.5, 0.6) is 0 Å². The van der Waals surface area contributed by atoms with Gasteiger partial charge >= 0.3 is 0 Å². The van der Waals surface area contributed by atoms with Crippen molar-refractivity contribution in [3.8, 4) is 0 Å². The summed E-state index contributed by atoms with van der Waals surface area (Å²) in [7, 11) is 0. The van der Waals surface area contributed by atoms with Crippen LogP contribution in [0.1, 0.15) is 43.6 Å². The summed E-state index contributed by atoms with van der Waals surface area (Å²) in [6, 6.07) is 5.48. The first kappa shape index (κ1) is 14.8. The molecule has 1 aliphatic rings. The van der Waals surface area contributed by atoms with E-state index in [4.69, 9.17) is 4.74 Å². The molecule has 0 aliphatic carbocycles. The third kappa shape index (κ3) is 3.93. The number of aromatic nitrogens is 1. The fourth-order valence-electron chi connectivity index (χ4n) is 2.20. The van der Waals surface area contributed by atoms with Gasteiger partial charge in [0, 0.05) is 25.3 Å². The second-order valence-electron chi connectivity index (χ2n) is 5.46. The molecule has 2 N–H and O–H groups in total.